The van der Waals surface area contributed by atoms with Crippen LogP contribution >= 0.6 is 0 Å². The van der Waals surface area contributed by atoms with Gasteiger partial charge in [-0.15, -0.1) is 0 Å². The molecule has 188 valence electrons. The smallest absolute Gasteiger partial charge is 0.338 e. The minimum absolute atomic E-state index is 0.0371. The summed E-state index contributed by atoms with van der Waals surface area (Å²) in [6.07, 6.45) is 18.8. The summed E-state index contributed by atoms with van der Waals surface area (Å²) in [6, 6.07) is 1.98. The molecule has 0 N–H and O–H groups in total. The fourth-order valence-electron chi connectivity index (χ4n) is 4.06. The van der Waals surface area contributed by atoms with Crippen LogP contribution in [-0.4, -0.2) is 21.3 Å². The maximum Gasteiger partial charge on any atom is 0.338 e. The van der Waals surface area contributed by atoms with E-state index in [1.807, 2.05) is 6.92 Å². The first-order chi connectivity index (χ1) is 15.4. The molecule has 0 aliphatic rings. The fraction of sp³-hybridized carbons (Fsp3) is 0.862. The zero-order chi connectivity index (χ0) is 24.1. The van der Waals surface area contributed by atoms with Crippen LogP contribution in [0.25, 0.3) is 0 Å². The molecule has 0 saturated carbocycles. The molecule has 0 spiro atoms. The van der Waals surface area contributed by atoms with Crippen LogP contribution in [-0.2, 0) is 8.85 Å². The van der Waals surface area contributed by atoms with Gasteiger partial charge in [0.15, 0.2) is 0 Å². The van der Waals surface area contributed by atoms with Crippen LogP contribution < -0.4 is 0 Å². The molecule has 0 bridgehead atoms. The zero-order valence-corrected chi connectivity index (χ0v) is 23.7. The van der Waals surface area contributed by atoms with E-state index in [1.165, 1.54) is 77.0 Å². The van der Waals surface area contributed by atoms with Crippen molar-refractivity contribution >= 4 is 8.56 Å². The Morgan fingerprint density at radius 2 is 1.25 bits per heavy atom. The van der Waals surface area contributed by atoms with Crippen molar-refractivity contribution in [3.8, 4) is 11.8 Å². The molecule has 0 rings (SSSR count). The zero-order valence-electron chi connectivity index (χ0n) is 22.7. The van der Waals surface area contributed by atoms with E-state index in [9.17, 15) is 0 Å². The van der Waals surface area contributed by atoms with E-state index in [-0.39, 0.29) is 6.10 Å². The van der Waals surface area contributed by atoms with Crippen LogP contribution in [0.2, 0.25) is 12.1 Å². The summed E-state index contributed by atoms with van der Waals surface area (Å²) < 4.78 is 13.1. The minimum atomic E-state index is -2.18. The molecule has 1 atom stereocenters. The van der Waals surface area contributed by atoms with Gasteiger partial charge in [0, 0.05) is 6.61 Å². The molecule has 0 aliphatic carbocycles. The first-order valence-corrected chi connectivity index (χ1v) is 16.1. The summed E-state index contributed by atoms with van der Waals surface area (Å²) in [6.45, 7) is 17.9. The Morgan fingerprint density at radius 1 is 0.781 bits per heavy atom. The highest BCUT2D eigenvalue weighted by Gasteiger charge is 2.36. The number of hydrogen-bond donors (Lipinski definition) is 0. The Morgan fingerprint density at radius 3 is 1.66 bits per heavy atom. The predicted octanol–water partition coefficient (Wildman–Crippen LogP) is 9.59. The van der Waals surface area contributed by atoms with E-state index in [4.69, 9.17) is 8.85 Å². The molecule has 0 aromatic heterocycles. The Kier molecular flexibility index (Phi) is 20.6. The van der Waals surface area contributed by atoms with Crippen molar-refractivity contribution in [1.29, 1.82) is 0 Å². The topological polar surface area (TPSA) is 18.5 Å². The van der Waals surface area contributed by atoms with Crippen LogP contribution in [0.5, 0.6) is 0 Å². The largest absolute Gasteiger partial charge is 0.394 e. The molecular formula is C29H56O2Si. The van der Waals surface area contributed by atoms with Gasteiger partial charge >= 0.3 is 8.56 Å². The Labute approximate surface area is 203 Å². The quantitative estimate of drug-likeness (QED) is 0.0956. The van der Waals surface area contributed by atoms with Gasteiger partial charge in [-0.2, -0.15) is 0 Å². The third kappa shape index (κ3) is 17.9. The van der Waals surface area contributed by atoms with Gasteiger partial charge in [0.1, 0.15) is 6.10 Å². The van der Waals surface area contributed by atoms with Crippen molar-refractivity contribution in [2.24, 2.45) is 5.92 Å². The van der Waals surface area contributed by atoms with Crippen LogP contribution in [0.3, 0.4) is 0 Å². The lowest BCUT2D eigenvalue weighted by Crippen LogP contribution is -2.44. The van der Waals surface area contributed by atoms with E-state index >= 15 is 0 Å². The molecular weight excluding hydrogens is 408 g/mol. The molecule has 0 aromatic rings. The molecule has 0 heterocycles. The average Bonchev–Trinajstić information content (AvgIpc) is 2.76. The summed E-state index contributed by atoms with van der Waals surface area (Å²) in [5, 5.41) is 0. The Balaban J connectivity index is 4.09. The van der Waals surface area contributed by atoms with Crippen molar-refractivity contribution in [3.63, 3.8) is 0 Å². The van der Waals surface area contributed by atoms with Gasteiger partial charge in [0.25, 0.3) is 0 Å². The van der Waals surface area contributed by atoms with E-state index in [1.54, 1.807) is 0 Å². The van der Waals surface area contributed by atoms with Crippen LogP contribution in [0.4, 0.5) is 0 Å². The van der Waals surface area contributed by atoms with Gasteiger partial charge < -0.3 is 8.85 Å². The van der Waals surface area contributed by atoms with E-state index < -0.39 is 8.56 Å². The summed E-state index contributed by atoms with van der Waals surface area (Å²) in [4.78, 5) is 0. The first kappa shape index (κ1) is 31.4. The van der Waals surface area contributed by atoms with E-state index in [0.29, 0.717) is 5.92 Å². The first-order valence-electron chi connectivity index (χ1n) is 13.9. The fourth-order valence-corrected chi connectivity index (χ4v) is 6.56. The third-order valence-electron chi connectivity index (χ3n) is 6.18. The molecule has 2 nitrogen and oxygen atoms in total. The summed E-state index contributed by atoms with van der Waals surface area (Å²) in [5.41, 5.74) is 0.899. The molecule has 0 amide bonds. The molecule has 0 aliphatic heterocycles. The molecule has 32 heavy (non-hydrogen) atoms. The highest BCUT2D eigenvalue weighted by molar-refractivity contribution is 6.67. The molecule has 0 radical (unpaired) electrons. The van der Waals surface area contributed by atoms with Gasteiger partial charge in [-0.3, -0.25) is 0 Å². The van der Waals surface area contributed by atoms with Crippen molar-refractivity contribution in [2.75, 3.05) is 6.61 Å². The Hall–Kier alpha value is -0.563. The highest BCUT2D eigenvalue weighted by Crippen LogP contribution is 2.24. The van der Waals surface area contributed by atoms with Crippen LogP contribution in [0.15, 0.2) is 12.2 Å². The van der Waals surface area contributed by atoms with E-state index in [0.717, 1.165) is 37.1 Å². The van der Waals surface area contributed by atoms with Crippen LogP contribution in [0, 0.1) is 17.8 Å². The lowest BCUT2D eigenvalue weighted by atomic mass is 10.0. The van der Waals surface area contributed by atoms with Gasteiger partial charge in [-0.05, 0) is 43.3 Å². The predicted molar refractivity (Wildman–Crippen MR) is 145 cm³/mol. The lowest BCUT2D eigenvalue weighted by Gasteiger charge is -2.32. The van der Waals surface area contributed by atoms with Gasteiger partial charge in [-0.1, -0.05) is 130 Å². The normalized spacial score (nSPS) is 12.6. The van der Waals surface area contributed by atoms with Gasteiger partial charge in [0.05, 0.1) is 0 Å². The molecule has 0 aromatic carbocycles. The van der Waals surface area contributed by atoms with Crippen molar-refractivity contribution in [2.45, 2.75) is 150 Å². The standard InChI is InChI=1S/C29H56O2Si/c1-8-11-12-13-14-15-16-17-18-19-20-21-22-25-30-32(9-2,10-3)31-29(26-28(6)7)24-23-27(4)5/h28-29H,4,8-22,25-26H2,1-3,5-7H3. The number of allylic oxidation sites excluding steroid dienone is 1. The van der Waals surface area contributed by atoms with Crippen molar-refractivity contribution < 1.29 is 8.85 Å². The summed E-state index contributed by atoms with van der Waals surface area (Å²) in [5.74, 6) is 7.00. The summed E-state index contributed by atoms with van der Waals surface area (Å²) in [7, 11) is -2.18. The maximum atomic E-state index is 6.61. The molecule has 0 fully saturated rings. The monoisotopic (exact) mass is 464 g/mol. The number of rotatable bonds is 21. The van der Waals surface area contributed by atoms with Crippen molar-refractivity contribution in [3.05, 3.63) is 12.2 Å². The van der Waals surface area contributed by atoms with Gasteiger partial charge in [0.2, 0.25) is 0 Å². The summed E-state index contributed by atoms with van der Waals surface area (Å²) >= 11 is 0. The maximum absolute atomic E-state index is 6.61. The third-order valence-corrected chi connectivity index (χ3v) is 9.78. The molecule has 1 unspecified atom stereocenters. The molecule has 0 saturated heterocycles. The average molecular weight is 465 g/mol. The second-order valence-corrected chi connectivity index (χ2v) is 13.8. The second-order valence-electron chi connectivity index (χ2n) is 9.99. The second kappa shape index (κ2) is 21.0. The lowest BCUT2D eigenvalue weighted by molar-refractivity contribution is 0.128. The minimum Gasteiger partial charge on any atom is -0.394 e. The van der Waals surface area contributed by atoms with Gasteiger partial charge in [-0.25, -0.2) is 0 Å². The van der Waals surface area contributed by atoms with E-state index in [2.05, 4.69) is 53.0 Å². The molecule has 3 heteroatoms. The Bertz CT molecular complexity index is 499. The highest BCUT2D eigenvalue weighted by atomic mass is 28.4. The van der Waals surface area contributed by atoms with Crippen LogP contribution in [0.1, 0.15) is 131 Å². The SMILES string of the molecule is C=C(C)C#CC(CC(C)C)O[Si](CC)(CC)OCCCCCCCCCCCCCCC. The number of hydrogen-bond acceptors (Lipinski definition) is 2. The van der Waals surface area contributed by atoms with Crippen molar-refractivity contribution in [1.82, 2.24) is 0 Å². The number of unbranched alkanes of at least 4 members (excludes halogenated alkanes) is 12.